The number of amides is 2. The highest BCUT2D eigenvalue weighted by Gasteiger charge is 2.39. The van der Waals surface area contributed by atoms with Crippen LogP contribution in [0.25, 0.3) is 0 Å². The number of hydrogen-bond donors (Lipinski definition) is 2. The van der Waals surface area contributed by atoms with Gasteiger partial charge in [-0.1, -0.05) is 23.7 Å². The van der Waals surface area contributed by atoms with E-state index in [0.29, 0.717) is 22.1 Å². The fourth-order valence-electron chi connectivity index (χ4n) is 2.50. The van der Waals surface area contributed by atoms with Gasteiger partial charge in [0, 0.05) is 28.1 Å². The van der Waals surface area contributed by atoms with Gasteiger partial charge in [0.15, 0.2) is 0 Å². The van der Waals surface area contributed by atoms with E-state index in [1.165, 1.54) is 0 Å². The Bertz CT molecular complexity index is 728. The molecular weight excluding hydrogens is 300 g/mol. The quantitative estimate of drug-likeness (QED) is 0.910. The van der Waals surface area contributed by atoms with Crippen LogP contribution >= 0.6 is 11.6 Å². The van der Waals surface area contributed by atoms with Crippen molar-refractivity contribution < 1.29 is 9.59 Å². The van der Waals surface area contributed by atoms with Crippen LogP contribution in [-0.4, -0.2) is 17.9 Å². The second-order valence-corrected chi connectivity index (χ2v) is 5.86. The average Bonchev–Trinajstić information content (AvgIpc) is 3.26. The third-order valence-corrected chi connectivity index (χ3v) is 4.05. The van der Waals surface area contributed by atoms with Crippen LogP contribution in [0.3, 0.4) is 0 Å². The molecule has 3 rings (SSSR count). The third-order valence-electron chi connectivity index (χ3n) is 3.82. The summed E-state index contributed by atoms with van der Waals surface area (Å²) in [6.07, 6.45) is 0.908. The fraction of sp³-hybridized carbons (Fsp3) is 0.176. The first kappa shape index (κ1) is 14.6. The molecule has 0 spiro atoms. The molecule has 2 amide bonds. The Morgan fingerprint density at radius 1 is 1.09 bits per heavy atom. The summed E-state index contributed by atoms with van der Waals surface area (Å²) >= 11 is 5.98. The molecule has 22 heavy (non-hydrogen) atoms. The van der Waals surface area contributed by atoms with Crippen molar-refractivity contribution >= 4 is 23.4 Å². The highest BCUT2D eigenvalue weighted by atomic mass is 35.5. The predicted molar refractivity (Wildman–Crippen MR) is 85.0 cm³/mol. The summed E-state index contributed by atoms with van der Waals surface area (Å²) in [6, 6.07) is 14.1. The SMILES string of the molecule is NC(=O)c1ccc(C(=O)N[C@@H]2C[C@@H]2c2cccc(Cl)c2)cc1. The molecule has 0 aromatic heterocycles. The number of rotatable bonds is 4. The highest BCUT2D eigenvalue weighted by molar-refractivity contribution is 6.30. The molecule has 0 saturated heterocycles. The molecule has 0 bridgehead atoms. The number of nitrogens with two attached hydrogens (primary N) is 1. The van der Waals surface area contributed by atoms with Crippen LogP contribution in [0.4, 0.5) is 0 Å². The van der Waals surface area contributed by atoms with Crippen LogP contribution in [0.15, 0.2) is 48.5 Å². The van der Waals surface area contributed by atoms with Crippen LogP contribution in [-0.2, 0) is 0 Å². The number of halogens is 1. The van der Waals surface area contributed by atoms with Gasteiger partial charge >= 0.3 is 0 Å². The number of hydrogen-bond acceptors (Lipinski definition) is 2. The minimum absolute atomic E-state index is 0.127. The molecule has 5 heteroatoms. The second-order valence-electron chi connectivity index (χ2n) is 5.42. The standard InChI is InChI=1S/C17H15ClN2O2/c18-13-3-1-2-12(8-13)14-9-15(14)20-17(22)11-6-4-10(5-7-11)16(19)21/h1-8,14-15H,9H2,(H2,19,21)(H,20,22)/t14-,15-/m1/s1. The topological polar surface area (TPSA) is 72.2 Å². The van der Waals surface area contributed by atoms with Gasteiger partial charge < -0.3 is 11.1 Å². The Hall–Kier alpha value is -2.33. The van der Waals surface area contributed by atoms with E-state index in [1.54, 1.807) is 24.3 Å². The zero-order valence-electron chi connectivity index (χ0n) is 11.8. The fourth-order valence-corrected chi connectivity index (χ4v) is 2.70. The van der Waals surface area contributed by atoms with Crippen LogP contribution in [0.5, 0.6) is 0 Å². The van der Waals surface area contributed by atoms with Crippen LogP contribution in [0.2, 0.25) is 5.02 Å². The van der Waals surface area contributed by atoms with Crippen molar-refractivity contribution in [1.82, 2.24) is 5.32 Å². The van der Waals surface area contributed by atoms with Gasteiger partial charge in [-0.15, -0.1) is 0 Å². The maximum atomic E-state index is 12.2. The molecule has 2 aromatic carbocycles. The lowest BCUT2D eigenvalue weighted by Gasteiger charge is -2.06. The van der Waals surface area contributed by atoms with Crippen LogP contribution in [0, 0.1) is 0 Å². The smallest absolute Gasteiger partial charge is 0.251 e. The van der Waals surface area contributed by atoms with Gasteiger partial charge in [-0.05, 0) is 48.4 Å². The van der Waals surface area contributed by atoms with E-state index in [-0.39, 0.29) is 11.9 Å². The monoisotopic (exact) mass is 314 g/mol. The van der Waals surface area contributed by atoms with Gasteiger partial charge in [0.05, 0.1) is 0 Å². The van der Waals surface area contributed by atoms with Gasteiger partial charge in [0.1, 0.15) is 0 Å². The number of carbonyl (C=O) groups is 2. The Kier molecular flexibility index (Phi) is 3.86. The molecule has 1 fully saturated rings. The molecule has 2 aromatic rings. The second kappa shape index (κ2) is 5.81. The van der Waals surface area contributed by atoms with Crippen molar-refractivity contribution in [2.24, 2.45) is 5.73 Å². The van der Waals surface area contributed by atoms with E-state index in [0.717, 1.165) is 12.0 Å². The van der Waals surface area contributed by atoms with Crippen molar-refractivity contribution in [1.29, 1.82) is 0 Å². The minimum atomic E-state index is -0.504. The molecular formula is C17H15ClN2O2. The van der Waals surface area contributed by atoms with Gasteiger partial charge in [-0.2, -0.15) is 0 Å². The van der Waals surface area contributed by atoms with Crippen LogP contribution in [0.1, 0.15) is 38.6 Å². The number of carbonyl (C=O) groups excluding carboxylic acids is 2. The van der Waals surface area contributed by atoms with E-state index in [9.17, 15) is 9.59 Å². The molecule has 1 saturated carbocycles. The van der Waals surface area contributed by atoms with Crippen molar-refractivity contribution in [3.05, 3.63) is 70.2 Å². The van der Waals surface area contributed by atoms with Crippen molar-refractivity contribution in [3.63, 3.8) is 0 Å². The summed E-state index contributed by atoms with van der Waals surface area (Å²) in [7, 11) is 0. The summed E-state index contributed by atoms with van der Waals surface area (Å²) in [5.41, 5.74) is 7.22. The van der Waals surface area contributed by atoms with Gasteiger partial charge in [0.25, 0.3) is 5.91 Å². The molecule has 1 aliphatic rings. The molecule has 3 N–H and O–H groups in total. The van der Waals surface area contributed by atoms with Crippen LogP contribution < -0.4 is 11.1 Å². The van der Waals surface area contributed by atoms with E-state index < -0.39 is 5.91 Å². The minimum Gasteiger partial charge on any atom is -0.366 e. The average molecular weight is 315 g/mol. The number of benzene rings is 2. The summed E-state index contributed by atoms with van der Waals surface area (Å²) < 4.78 is 0. The van der Waals surface area contributed by atoms with Crippen molar-refractivity contribution in [2.75, 3.05) is 0 Å². The molecule has 4 nitrogen and oxygen atoms in total. The lowest BCUT2D eigenvalue weighted by molar-refractivity contribution is 0.0947. The first-order valence-electron chi connectivity index (χ1n) is 7.01. The number of primary amides is 1. The van der Waals surface area contributed by atoms with Crippen molar-refractivity contribution in [3.8, 4) is 0 Å². The van der Waals surface area contributed by atoms with Gasteiger partial charge in [-0.3, -0.25) is 9.59 Å². The summed E-state index contributed by atoms with van der Waals surface area (Å²) in [4.78, 5) is 23.2. The number of nitrogens with one attached hydrogen (secondary N) is 1. The van der Waals surface area contributed by atoms with E-state index in [4.69, 9.17) is 17.3 Å². The molecule has 2 atom stereocenters. The summed E-state index contributed by atoms with van der Waals surface area (Å²) in [6.45, 7) is 0. The predicted octanol–water partition coefficient (Wildman–Crippen LogP) is 2.72. The summed E-state index contributed by atoms with van der Waals surface area (Å²) in [5.74, 6) is -0.340. The van der Waals surface area contributed by atoms with Gasteiger partial charge in [-0.25, -0.2) is 0 Å². The maximum Gasteiger partial charge on any atom is 0.251 e. The molecule has 0 heterocycles. The molecule has 0 radical (unpaired) electrons. The Morgan fingerprint density at radius 2 is 1.77 bits per heavy atom. The first-order chi connectivity index (χ1) is 10.5. The lowest BCUT2D eigenvalue weighted by atomic mass is 10.1. The normalized spacial score (nSPS) is 19.5. The summed E-state index contributed by atoms with van der Waals surface area (Å²) in [5, 5.41) is 3.69. The lowest BCUT2D eigenvalue weighted by Crippen LogP contribution is -2.26. The molecule has 0 aliphatic heterocycles. The Morgan fingerprint density at radius 3 is 2.41 bits per heavy atom. The first-order valence-corrected chi connectivity index (χ1v) is 7.38. The zero-order valence-corrected chi connectivity index (χ0v) is 12.5. The Labute approximate surface area is 133 Å². The molecule has 0 unspecified atom stereocenters. The van der Waals surface area contributed by atoms with E-state index in [1.807, 2.05) is 24.3 Å². The van der Waals surface area contributed by atoms with Crippen molar-refractivity contribution in [2.45, 2.75) is 18.4 Å². The third kappa shape index (κ3) is 3.12. The Balaban J connectivity index is 1.62. The molecule has 112 valence electrons. The van der Waals surface area contributed by atoms with E-state index >= 15 is 0 Å². The van der Waals surface area contributed by atoms with E-state index in [2.05, 4.69) is 5.32 Å². The zero-order chi connectivity index (χ0) is 15.7. The maximum absolute atomic E-state index is 12.2. The highest BCUT2D eigenvalue weighted by Crippen LogP contribution is 2.41. The largest absolute Gasteiger partial charge is 0.366 e. The molecule has 1 aliphatic carbocycles. The van der Waals surface area contributed by atoms with Gasteiger partial charge in [0.2, 0.25) is 5.91 Å².